The van der Waals surface area contributed by atoms with Gasteiger partial charge >= 0.3 is 6.03 Å². The number of urea groups is 1. The molecule has 1 saturated heterocycles. The Morgan fingerprint density at radius 3 is 2.61 bits per heavy atom. The fourth-order valence-electron chi connectivity index (χ4n) is 2.85. The van der Waals surface area contributed by atoms with Gasteiger partial charge in [0, 0.05) is 17.3 Å². The lowest BCUT2D eigenvalue weighted by Crippen LogP contribution is -2.50. The van der Waals surface area contributed by atoms with Crippen LogP contribution in [0.3, 0.4) is 0 Å². The highest BCUT2D eigenvalue weighted by Gasteiger charge is 2.47. The van der Waals surface area contributed by atoms with Crippen molar-refractivity contribution >= 4 is 35.1 Å². The molecular formula is C19H25N5O4. The first-order valence-corrected chi connectivity index (χ1v) is 9.35. The summed E-state index contributed by atoms with van der Waals surface area (Å²) in [5.74, 6) is -0.920. The van der Waals surface area contributed by atoms with Crippen LogP contribution in [0.4, 0.5) is 16.2 Å². The van der Waals surface area contributed by atoms with Gasteiger partial charge in [-0.15, -0.1) is 0 Å². The number of hydrazine groups is 1. The summed E-state index contributed by atoms with van der Waals surface area (Å²) in [5.41, 5.74) is 3.54. The van der Waals surface area contributed by atoms with Gasteiger partial charge in [0.25, 0.3) is 11.8 Å². The average molecular weight is 387 g/mol. The monoisotopic (exact) mass is 387 g/mol. The van der Waals surface area contributed by atoms with Crippen molar-refractivity contribution < 1.29 is 19.2 Å². The van der Waals surface area contributed by atoms with Crippen molar-refractivity contribution in [3.63, 3.8) is 0 Å². The standard InChI is InChI=1S/C19H25N5O4/c1-4-19(3)17(27)24(18(28)22-19)23-15(25)10-20-14-9-13(8-5-11(14)2)21-16(26)12-6-7-12/h5,8-9,12,20H,4,6-7,10H2,1-3H3,(H,21,26)(H,22,28)(H,23,25). The second-order valence-electron chi connectivity index (χ2n) is 7.44. The molecule has 9 nitrogen and oxygen atoms in total. The maximum absolute atomic E-state index is 12.3. The fourth-order valence-corrected chi connectivity index (χ4v) is 2.85. The topological polar surface area (TPSA) is 120 Å². The molecule has 1 heterocycles. The summed E-state index contributed by atoms with van der Waals surface area (Å²) in [4.78, 5) is 48.4. The second kappa shape index (κ2) is 7.49. The first-order chi connectivity index (χ1) is 13.2. The minimum absolute atomic E-state index is 0.00470. The Labute approximate surface area is 163 Å². The molecular weight excluding hydrogens is 362 g/mol. The quantitative estimate of drug-likeness (QED) is 0.529. The lowest BCUT2D eigenvalue weighted by Gasteiger charge is -2.19. The molecule has 2 aliphatic rings. The van der Waals surface area contributed by atoms with Crippen LogP contribution in [0.5, 0.6) is 0 Å². The van der Waals surface area contributed by atoms with Crippen molar-refractivity contribution in [2.24, 2.45) is 5.92 Å². The Hall–Kier alpha value is -3.10. The number of carbonyl (C=O) groups is 4. The Morgan fingerprint density at radius 2 is 2.00 bits per heavy atom. The summed E-state index contributed by atoms with van der Waals surface area (Å²) in [5, 5.41) is 9.12. The molecule has 0 bridgehead atoms. The summed E-state index contributed by atoms with van der Waals surface area (Å²) in [6.07, 6.45) is 2.26. The molecule has 9 heteroatoms. The van der Waals surface area contributed by atoms with Crippen molar-refractivity contribution in [3.8, 4) is 0 Å². The van der Waals surface area contributed by atoms with Crippen LogP contribution in [-0.4, -0.2) is 40.8 Å². The summed E-state index contributed by atoms with van der Waals surface area (Å²) in [7, 11) is 0. The SMILES string of the molecule is CCC1(C)NC(=O)N(NC(=O)CNc2cc(NC(=O)C3CC3)ccc2C)C1=O. The van der Waals surface area contributed by atoms with Gasteiger partial charge in [0.05, 0.1) is 6.54 Å². The van der Waals surface area contributed by atoms with Gasteiger partial charge in [-0.05, 0) is 50.8 Å². The van der Waals surface area contributed by atoms with E-state index in [0.29, 0.717) is 22.8 Å². The van der Waals surface area contributed by atoms with Gasteiger partial charge in [-0.3, -0.25) is 19.8 Å². The predicted molar refractivity (Wildman–Crippen MR) is 103 cm³/mol. The lowest BCUT2D eigenvalue weighted by atomic mass is 10.00. The van der Waals surface area contributed by atoms with Crippen LogP contribution in [-0.2, 0) is 14.4 Å². The van der Waals surface area contributed by atoms with Crippen molar-refractivity contribution in [2.75, 3.05) is 17.2 Å². The molecule has 28 heavy (non-hydrogen) atoms. The number of aryl methyl sites for hydroxylation is 1. The van der Waals surface area contributed by atoms with E-state index in [1.54, 1.807) is 26.0 Å². The van der Waals surface area contributed by atoms with E-state index in [9.17, 15) is 19.2 Å². The normalized spacial score (nSPS) is 21.3. The first-order valence-electron chi connectivity index (χ1n) is 9.35. The van der Waals surface area contributed by atoms with Crippen LogP contribution in [0.1, 0.15) is 38.7 Å². The average Bonchev–Trinajstić information content (AvgIpc) is 3.48. The van der Waals surface area contributed by atoms with Crippen molar-refractivity contribution in [1.82, 2.24) is 15.8 Å². The molecule has 0 aromatic heterocycles. The Morgan fingerprint density at radius 1 is 1.29 bits per heavy atom. The summed E-state index contributed by atoms with van der Waals surface area (Å²) < 4.78 is 0. The fraction of sp³-hybridized carbons (Fsp3) is 0.474. The van der Waals surface area contributed by atoms with Gasteiger partial charge in [-0.2, -0.15) is 5.01 Å². The van der Waals surface area contributed by atoms with Gasteiger partial charge < -0.3 is 16.0 Å². The van der Waals surface area contributed by atoms with Gasteiger partial charge in [0.2, 0.25) is 5.91 Å². The molecule has 1 unspecified atom stereocenters. The predicted octanol–water partition coefficient (Wildman–Crippen LogP) is 1.51. The van der Waals surface area contributed by atoms with E-state index in [0.717, 1.165) is 18.4 Å². The summed E-state index contributed by atoms with van der Waals surface area (Å²) in [6.45, 7) is 5.13. The Balaban J connectivity index is 1.57. The van der Waals surface area contributed by atoms with Crippen LogP contribution in [0.15, 0.2) is 18.2 Å². The van der Waals surface area contributed by atoms with Crippen LogP contribution >= 0.6 is 0 Å². The Kier molecular flexibility index (Phi) is 5.26. The number of nitrogens with zero attached hydrogens (tertiary/aromatic N) is 1. The van der Waals surface area contributed by atoms with E-state index in [1.165, 1.54) is 0 Å². The number of rotatable bonds is 7. The van der Waals surface area contributed by atoms with Crippen LogP contribution in [0.25, 0.3) is 0 Å². The first kappa shape index (κ1) is 19.7. The zero-order valence-electron chi connectivity index (χ0n) is 16.2. The molecule has 1 aliphatic heterocycles. The lowest BCUT2D eigenvalue weighted by molar-refractivity contribution is -0.138. The summed E-state index contributed by atoms with van der Waals surface area (Å²) >= 11 is 0. The zero-order chi connectivity index (χ0) is 20.5. The van der Waals surface area contributed by atoms with Crippen LogP contribution in [0, 0.1) is 12.8 Å². The number of hydrogen-bond acceptors (Lipinski definition) is 5. The number of imide groups is 1. The van der Waals surface area contributed by atoms with Crippen molar-refractivity contribution in [2.45, 2.75) is 45.6 Å². The number of carbonyl (C=O) groups excluding carboxylic acids is 4. The summed E-state index contributed by atoms with van der Waals surface area (Å²) in [6, 6.07) is 4.75. The third kappa shape index (κ3) is 4.08. The van der Waals surface area contributed by atoms with Crippen LogP contribution < -0.4 is 21.4 Å². The van der Waals surface area contributed by atoms with Crippen molar-refractivity contribution in [1.29, 1.82) is 0 Å². The number of amides is 5. The second-order valence-corrected chi connectivity index (χ2v) is 7.44. The molecule has 1 atom stereocenters. The maximum Gasteiger partial charge on any atom is 0.344 e. The van der Waals surface area contributed by atoms with E-state index < -0.39 is 23.4 Å². The Bertz CT molecular complexity index is 836. The molecule has 1 saturated carbocycles. The maximum atomic E-state index is 12.3. The van der Waals surface area contributed by atoms with E-state index in [1.807, 2.05) is 13.0 Å². The van der Waals surface area contributed by atoms with E-state index in [4.69, 9.17) is 0 Å². The molecule has 2 fully saturated rings. The highest BCUT2D eigenvalue weighted by molar-refractivity contribution is 6.07. The highest BCUT2D eigenvalue weighted by atomic mass is 16.2. The van der Waals surface area contributed by atoms with Crippen LogP contribution in [0.2, 0.25) is 0 Å². The number of anilines is 2. The molecule has 1 aromatic rings. The molecule has 0 spiro atoms. The number of hydrogen-bond donors (Lipinski definition) is 4. The zero-order valence-corrected chi connectivity index (χ0v) is 16.2. The van der Waals surface area contributed by atoms with E-state index in [2.05, 4.69) is 21.4 Å². The third-order valence-electron chi connectivity index (χ3n) is 5.10. The van der Waals surface area contributed by atoms with E-state index >= 15 is 0 Å². The van der Waals surface area contributed by atoms with Gasteiger partial charge in [-0.1, -0.05) is 13.0 Å². The van der Waals surface area contributed by atoms with Crippen molar-refractivity contribution in [3.05, 3.63) is 23.8 Å². The van der Waals surface area contributed by atoms with Gasteiger partial charge in [0.1, 0.15) is 5.54 Å². The van der Waals surface area contributed by atoms with Gasteiger partial charge in [-0.25, -0.2) is 4.79 Å². The molecule has 4 N–H and O–H groups in total. The minimum atomic E-state index is -1.01. The van der Waals surface area contributed by atoms with E-state index in [-0.39, 0.29) is 18.4 Å². The molecule has 1 aliphatic carbocycles. The smallest absolute Gasteiger partial charge is 0.344 e. The molecule has 0 radical (unpaired) electrons. The third-order valence-corrected chi connectivity index (χ3v) is 5.10. The number of nitrogens with one attached hydrogen (secondary N) is 4. The molecule has 150 valence electrons. The number of benzene rings is 1. The molecule has 5 amide bonds. The molecule has 1 aromatic carbocycles. The highest BCUT2D eigenvalue weighted by Crippen LogP contribution is 2.30. The molecule has 3 rings (SSSR count). The van der Waals surface area contributed by atoms with Gasteiger partial charge in [0.15, 0.2) is 0 Å². The minimum Gasteiger partial charge on any atom is -0.376 e. The largest absolute Gasteiger partial charge is 0.376 e.